The van der Waals surface area contributed by atoms with Crippen LogP contribution in [-0.4, -0.2) is 28.3 Å². The van der Waals surface area contributed by atoms with Crippen molar-refractivity contribution < 1.29 is 14.3 Å². The highest BCUT2D eigenvalue weighted by molar-refractivity contribution is 5.91. The summed E-state index contributed by atoms with van der Waals surface area (Å²) in [6.45, 7) is 5.91. The lowest BCUT2D eigenvalue weighted by atomic mass is 9.95. The molecule has 1 aromatic carbocycles. The molecule has 0 radical (unpaired) electrons. The summed E-state index contributed by atoms with van der Waals surface area (Å²) in [5.74, 6) is 0.701. The maximum atomic E-state index is 11.3. The molecule has 0 bridgehead atoms. The molecule has 150 valence electrons. The zero-order valence-corrected chi connectivity index (χ0v) is 16.7. The first kappa shape index (κ1) is 20.2. The van der Waals surface area contributed by atoms with Crippen LogP contribution in [0.25, 0.3) is 22.2 Å². The molecule has 0 aliphatic rings. The number of benzene rings is 1. The molecule has 29 heavy (non-hydrogen) atoms. The molecule has 0 fully saturated rings. The van der Waals surface area contributed by atoms with E-state index in [2.05, 4.69) is 16.0 Å². The Bertz CT molecular complexity index is 1070. The molecule has 0 aliphatic carbocycles. The van der Waals surface area contributed by atoms with Crippen molar-refractivity contribution in [2.75, 3.05) is 6.61 Å². The maximum Gasteiger partial charge on any atom is 0.405 e. The van der Waals surface area contributed by atoms with E-state index >= 15 is 0 Å². The Morgan fingerprint density at radius 3 is 2.83 bits per heavy atom. The van der Waals surface area contributed by atoms with E-state index in [1.54, 1.807) is 25.3 Å². The number of nitriles is 1. The minimum atomic E-state index is -0.882. The average molecular weight is 392 g/mol. The number of carbonyl (C=O) groups is 1. The molecule has 3 rings (SSSR count). The number of nitrogens with one attached hydrogen (secondary N) is 1. The fraction of sp³-hybridized carbons (Fsp3) is 0.318. The Labute approximate surface area is 169 Å². The second-order valence-electron chi connectivity index (χ2n) is 7.68. The van der Waals surface area contributed by atoms with E-state index in [0.29, 0.717) is 17.7 Å². The zero-order chi connectivity index (χ0) is 21.0. The number of aromatic nitrogens is 2. The van der Waals surface area contributed by atoms with Gasteiger partial charge in [-0.05, 0) is 49.1 Å². The number of fused-ring (bicyclic) bond motifs is 1. The van der Waals surface area contributed by atoms with Gasteiger partial charge in [0.2, 0.25) is 0 Å². The third-order valence-corrected chi connectivity index (χ3v) is 4.58. The largest absolute Gasteiger partial charge is 0.488 e. The Morgan fingerprint density at radius 1 is 1.34 bits per heavy atom. The topological polar surface area (TPSA) is 114 Å². The number of primary amides is 1. The third-order valence-electron chi connectivity index (χ3n) is 4.58. The van der Waals surface area contributed by atoms with Crippen molar-refractivity contribution in [1.82, 2.24) is 9.97 Å². The summed E-state index contributed by atoms with van der Waals surface area (Å²) in [7, 11) is 0. The number of aromatic amines is 1. The quantitative estimate of drug-likeness (QED) is 0.619. The molecule has 0 aliphatic heterocycles. The fourth-order valence-corrected chi connectivity index (χ4v) is 3.58. The molecule has 2 heterocycles. The molecule has 1 amide bonds. The van der Waals surface area contributed by atoms with Gasteiger partial charge in [0, 0.05) is 18.0 Å². The summed E-state index contributed by atoms with van der Waals surface area (Å²) in [6.07, 6.45) is 3.30. The van der Waals surface area contributed by atoms with Gasteiger partial charge in [-0.25, -0.2) is 4.79 Å². The molecule has 0 spiro atoms. The number of nitrogens with two attached hydrogens (primary N) is 1. The standard InChI is InChI=1S/C22H24N4O3/c1-14(2)11-22(3,29-21(24)27)13-28-19-5-4-15(10-16(19)12-23)17-6-8-25-18-7-9-26-20(17)18/h4-10,14,26H,11,13H2,1-3H3,(H2,24,27)/t22-/m0/s1. The van der Waals surface area contributed by atoms with Gasteiger partial charge in [-0.1, -0.05) is 19.9 Å². The Morgan fingerprint density at radius 2 is 2.14 bits per heavy atom. The number of nitrogens with zero attached hydrogens (tertiary/aromatic N) is 2. The molecule has 3 aromatic rings. The minimum Gasteiger partial charge on any atom is -0.488 e. The molecule has 0 unspecified atom stereocenters. The van der Waals surface area contributed by atoms with Crippen LogP contribution in [-0.2, 0) is 4.74 Å². The highest BCUT2D eigenvalue weighted by Crippen LogP contribution is 2.31. The lowest BCUT2D eigenvalue weighted by Crippen LogP contribution is -2.41. The van der Waals surface area contributed by atoms with Crippen molar-refractivity contribution in [3.8, 4) is 22.9 Å². The molecule has 7 heteroatoms. The molecule has 2 aromatic heterocycles. The van der Waals surface area contributed by atoms with Crippen molar-refractivity contribution in [2.45, 2.75) is 32.8 Å². The normalized spacial score (nSPS) is 13.1. The molecule has 1 atom stereocenters. The van der Waals surface area contributed by atoms with Gasteiger partial charge >= 0.3 is 6.09 Å². The van der Waals surface area contributed by atoms with E-state index in [1.807, 2.05) is 38.2 Å². The van der Waals surface area contributed by atoms with Crippen molar-refractivity contribution in [3.05, 3.63) is 48.3 Å². The number of H-pyrrole nitrogens is 1. The molecule has 7 nitrogen and oxygen atoms in total. The van der Waals surface area contributed by atoms with Gasteiger partial charge in [-0.2, -0.15) is 5.26 Å². The number of rotatable bonds is 7. The van der Waals surface area contributed by atoms with Gasteiger partial charge in [0.15, 0.2) is 0 Å². The number of ether oxygens (including phenoxy) is 2. The molecular weight excluding hydrogens is 368 g/mol. The van der Waals surface area contributed by atoms with Crippen molar-refractivity contribution in [2.24, 2.45) is 11.7 Å². The van der Waals surface area contributed by atoms with Gasteiger partial charge < -0.3 is 20.2 Å². The van der Waals surface area contributed by atoms with Gasteiger partial charge in [0.1, 0.15) is 24.0 Å². The zero-order valence-electron chi connectivity index (χ0n) is 16.7. The molecular formula is C22H24N4O3. The fourth-order valence-electron chi connectivity index (χ4n) is 3.58. The van der Waals surface area contributed by atoms with E-state index in [4.69, 9.17) is 15.2 Å². The molecule has 0 saturated heterocycles. The summed E-state index contributed by atoms with van der Waals surface area (Å²) in [4.78, 5) is 18.8. The Hall–Kier alpha value is -3.53. The van der Waals surface area contributed by atoms with Crippen LogP contribution in [0.1, 0.15) is 32.8 Å². The average Bonchev–Trinajstić information content (AvgIpc) is 3.13. The SMILES string of the molecule is CC(C)C[C@@](C)(COc1ccc(-c2ccnc3cc[nH]c23)cc1C#N)OC(N)=O. The predicted octanol–water partition coefficient (Wildman–Crippen LogP) is 4.38. The lowest BCUT2D eigenvalue weighted by Gasteiger charge is -2.30. The minimum absolute atomic E-state index is 0.0955. The van der Waals surface area contributed by atoms with Crippen molar-refractivity contribution in [1.29, 1.82) is 5.26 Å². The van der Waals surface area contributed by atoms with E-state index < -0.39 is 11.7 Å². The first-order chi connectivity index (χ1) is 13.8. The van der Waals surface area contributed by atoms with E-state index in [1.165, 1.54) is 0 Å². The summed E-state index contributed by atoms with van der Waals surface area (Å²) >= 11 is 0. The van der Waals surface area contributed by atoms with Crippen LogP contribution in [0.15, 0.2) is 42.7 Å². The maximum absolute atomic E-state index is 11.3. The third kappa shape index (κ3) is 4.66. The highest BCUT2D eigenvalue weighted by Gasteiger charge is 2.30. The second kappa shape index (κ2) is 8.23. The van der Waals surface area contributed by atoms with Crippen molar-refractivity contribution >= 4 is 17.1 Å². The van der Waals surface area contributed by atoms with E-state index in [-0.39, 0.29) is 12.5 Å². The summed E-state index contributed by atoms with van der Waals surface area (Å²) in [5.41, 5.74) is 8.32. The van der Waals surface area contributed by atoms with Crippen molar-refractivity contribution in [3.63, 3.8) is 0 Å². The monoisotopic (exact) mass is 392 g/mol. The highest BCUT2D eigenvalue weighted by atomic mass is 16.6. The first-order valence-electron chi connectivity index (χ1n) is 9.39. The smallest absolute Gasteiger partial charge is 0.405 e. The van der Waals surface area contributed by atoms with Gasteiger partial charge in [0.25, 0.3) is 0 Å². The second-order valence-corrected chi connectivity index (χ2v) is 7.68. The summed E-state index contributed by atoms with van der Waals surface area (Å²) in [5, 5.41) is 9.63. The summed E-state index contributed by atoms with van der Waals surface area (Å²) in [6, 6.07) is 11.4. The Kier molecular flexibility index (Phi) is 5.74. The van der Waals surface area contributed by atoms with Crippen LogP contribution in [0.5, 0.6) is 5.75 Å². The number of hydrogen-bond acceptors (Lipinski definition) is 5. The summed E-state index contributed by atoms with van der Waals surface area (Å²) < 4.78 is 11.2. The van der Waals surface area contributed by atoms with E-state index in [0.717, 1.165) is 22.2 Å². The van der Waals surface area contributed by atoms with Gasteiger partial charge in [-0.3, -0.25) is 4.98 Å². The van der Waals surface area contributed by atoms with Gasteiger partial charge in [0.05, 0.1) is 16.6 Å². The number of carbonyl (C=O) groups excluding carboxylic acids is 1. The van der Waals surface area contributed by atoms with Crippen LogP contribution in [0, 0.1) is 17.2 Å². The van der Waals surface area contributed by atoms with Crippen LogP contribution >= 0.6 is 0 Å². The molecule has 0 saturated carbocycles. The van der Waals surface area contributed by atoms with Crippen LogP contribution in [0.3, 0.4) is 0 Å². The Balaban J connectivity index is 1.87. The number of amides is 1. The lowest BCUT2D eigenvalue weighted by molar-refractivity contribution is -0.0186. The first-order valence-corrected chi connectivity index (χ1v) is 9.39. The number of hydrogen-bond donors (Lipinski definition) is 2. The predicted molar refractivity (Wildman–Crippen MR) is 110 cm³/mol. The number of pyridine rings is 1. The molecule has 3 N–H and O–H groups in total. The van der Waals surface area contributed by atoms with Gasteiger partial charge in [-0.15, -0.1) is 0 Å². The van der Waals surface area contributed by atoms with Crippen LogP contribution in [0.4, 0.5) is 4.79 Å². The van der Waals surface area contributed by atoms with E-state index in [9.17, 15) is 10.1 Å². The van der Waals surface area contributed by atoms with Crippen LogP contribution in [0.2, 0.25) is 0 Å². The van der Waals surface area contributed by atoms with Crippen LogP contribution < -0.4 is 10.5 Å².